The van der Waals surface area contributed by atoms with E-state index in [0.29, 0.717) is 21.1 Å². The first-order chi connectivity index (χ1) is 12.9. The van der Waals surface area contributed by atoms with Crippen molar-refractivity contribution in [3.8, 4) is 5.75 Å². The van der Waals surface area contributed by atoms with E-state index in [0.717, 1.165) is 5.56 Å². The highest BCUT2D eigenvalue weighted by atomic mass is 32.1. The van der Waals surface area contributed by atoms with Gasteiger partial charge in [0.1, 0.15) is 22.1 Å². The van der Waals surface area contributed by atoms with Gasteiger partial charge < -0.3 is 9.84 Å². The van der Waals surface area contributed by atoms with E-state index in [4.69, 9.17) is 9.84 Å². The summed E-state index contributed by atoms with van der Waals surface area (Å²) in [4.78, 5) is 29.8. The van der Waals surface area contributed by atoms with Gasteiger partial charge in [-0.25, -0.2) is 9.37 Å². The predicted molar refractivity (Wildman–Crippen MR) is 98.6 cm³/mol. The molecule has 0 radical (unpaired) electrons. The molecule has 1 amide bonds. The van der Waals surface area contributed by atoms with E-state index in [9.17, 15) is 14.0 Å². The van der Waals surface area contributed by atoms with Crippen molar-refractivity contribution >= 4 is 39.1 Å². The van der Waals surface area contributed by atoms with Crippen LogP contribution in [0.5, 0.6) is 5.75 Å². The number of rotatable bonds is 4. The van der Waals surface area contributed by atoms with E-state index in [1.54, 1.807) is 24.3 Å². The van der Waals surface area contributed by atoms with Crippen molar-refractivity contribution in [2.75, 3.05) is 4.90 Å². The highest BCUT2D eigenvalue weighted by Crippen LogP contribution is 2.39. The van der Waals surface area contributed by atoms with Crippen LogP contribution >= 0.6 is 11.3 Å². The molecule has 0 fully saturated rings. The third-order valence-corrected chi connectivity index (χ3v) is 5.36. The number of fused-ring (bicyclic) bond motifs is 2. The molecule has 3 aromatic rings. The Morgan fingerprint density at radius 3 is 2.85 bits per heavy atom. The Bertz CT molecular complexity index is 1070. The van der Waals surface area contributed by atoms with Crippen molar-refractivity contribution in [3.05, 3.63) is 52.8 Å². The van der Waals surface area contributed by atoms with Crippen LogP contribution < -0.4 is 9.64 Å². The largest absolute Gasteiger partial charge is 0.481 e. The predicted octanol–water partition coefficient (Wildman–Crippen LogP) is 3.51. The molecule has 27 heavy (non-hydrogen) atoms. The van der Waals surface area contributed by atoms with Gasteiger partial charge in [-0.15, -0.1) is 11.3 Å². The first-order valence-electron chi connectivity index (χ1n) is 8.27. The van der Waals surface area contributed by atoms with Crippen molar-refractivity contribution < 1.29 is 23.8 Å². The van der Waals surface area contributed by atoms with Crippen molar-refractivity contribution in [2.24, 2.45) is 0 Å². The average molecular weight is 386 g/mol. The second kappa shape index (κ2) is 6.62. The van der Waals surface area contributed by atoms with Gasteiger partial charge in [0.05, 0.1) is 23.4 Å². The van der Waals surface area contributed by atoms with Gasteiger partial charge in [-0.3, -0.25) is 14.5 Å². The molecular weight excluding hydrogens is 371 g/mol. The molecule has 0 spiro atoms. The summed E-state index contributed by atoms with van der Waals surface area (Å²) in [6.07, 6.45) is -1.54. The van der Waals surface area contributed by atoms with Gasteiger partial charge in [-0.1, -0.05) is 18.2 Å². The highest BCUT2D eigenvalue weighted by molar-refractivity contribution is 7.18. The second-order valence-corrected chi connectivity index (χ2v) is 7.36. The minimum Gasteiger partial charge on any atom is -0.481 e. The number of nitrogens with zero attached hydrogens (tertiary/aromatic N) is 2. The molecule has 4 rings (SSSR count). The van der Waals surface area contributed by atoms with Crippen molar-refractivity contribution in [1.82, 2.24) is 4.98 Å². The molecule has 2 heterocycles. The van der Waals surface area contributed by atoms with Crippen LogP contribution in [0.1, 0.15) is 17.0 Å². The number of aryl methyl sites for hydroxylation is 1. The maximum Gasteiger partial charge on any atom is 0.307 e. The number of halogens is 1. The molecule has 138 valence electrons. The van der Waals surface area contributed by atoms with Gasteiger partial charge in [-0.2, -0.15) is 0 Å². The number of amides is 1. The molecule has 1 atom stereocenters. The van der Waals surface area contributed by atoms with Crippen LogP contribution in [0.15, 0.2) is 36.4 Å². The molecule has 0 saturated carbocycles. The number of carboxylic acids is 1. The Kier molecular flexibility index (Phi) is 4.27. The van der Waals surface area contributed by atoms with E-state index >= 15 is 0 Å². The minimum atomic E-state index is -1.12. The lowest BCUT2D eigenvalue weighted by molar-refractivity contribution is -0.142. The smallest absolute Gasteiger partial charge is 0.307 e. The summed E-state index contributed by atoms with van der Waals surface area (Å²) in [5, 5.41) is 9.66. The summed E-state index contributed by atoms with van der Waals surface area (Å²) in [6, 6.07) is 10.1. The standard InChI is InChI=1S/C19H15FN2O4S/c1-10-4-2-6-12-18(10)26-13(8-16(23)24)19(25)22(12)9-15-21-17-11(20)5-3-7-14(17)27-15/h2-7,13H,8-9H2,1H3,(H,23,24). The third kappa shape index (κ3) is 3.12. The zero-order valence-electron chi connectivity index (χ0n) is 14.3. The Hall–Kier alpha value is -3.00. The quantitative estimate of drug-likeness (QED) is 0.742. The summed E-state index contributed by atoms with van der Waals surface area (Å²) in [5.41, 5.74) is 1.63. The van der Waals surface area contributed by atoms with E-state index in [2.05, 4.69) is 4.98 Å². The van der Waals surface area contributed by atoms with Crippen LogP contribution in [0.2, 0.25) is 0 Å². The van der Waals surface area contributed by atoms with Gasteiger partial charge in [0.25, 0.3) is 5.91 Å². The lowest BCUT2D eigenvalue weighted by Gasteiger charge is -2.34. The van der Waals surface area contributed by atoms with Crippen LogP contribution in [0.4, 0.5) is 10.1 Å². The summed E-state index contributed by atoms with van der Waals surface area (Å²) in [7, 11) is 0. The molecule has 0 saturated heterocycles. The summed E-state index contributed by atoms with van der Waals surface area (Å²) < 4.78 is 20.3. The number of carbonyl (C=O) groups excluding carboxylic acids is 1. The summed E-state index contributed by atoms with van der Waals surface area (Å²) in [5.74, 6) is -1.50. The zero-order valence-corrected chi connectivity index (χ0v) is 15.1. The van der Waals surface area contributed by atoms with Crippen molar-refractivity contribution in [1.29, 1.82) is 0 Å². The van der Waals surface area contributed by atoms with Crippen molar-refractivity contribution in [2.45, 2.75) is 26.0 Å². The first kappa shape index (κ1) is 17.4. The average Bonchev–Trinajstić information content (AvgIpc) is 3.03. The molecule has 8 heteroatoms. The Labute approximate surface area is 157 Å². The lowest BCUT2D eigenvalue weighted by Crippen LogP contribution is -2.46. The molecule has 1 aromatic heterocycles. The SMILES string of the molecule is Cc1cccc2c1OC(CC(=O)O)C(=O)N2Cc1nc2c(F)cccc2s1. The van der Waals surface area contributed by atoms with Crippen LogP contribution in [-0.4, -0.2) is 28.1 Å². The maximum atomic E-state index is 13.9. The number of ether oxygens (including phenoxy) is 1. The third-order valence-electron chi connectivity index (χ3n) is 4.35. The molecule has 1 aliphatic rings. The van der Waals surface area contributed by atoms with Gasteiger partial charge in [0, 0.05) is 0 Å². The van der Waals surface area contributed by atoms with Gasteiger partial charge in [0.2, 0.25) is 0 Å². The highest BCUT2D eigenvalue weighted by Gasteiger charge is 2.37. The number of carbonyl (C=O) groups is 2. The number of benzene rings is 2. The van der Waals surface area contributed by atoms with Gasteiger partial charge >= 0.3 is 5.97 Å². The molecule has 1 unspecified atom stereocenters. The maximum absolute atomic E-state index is 13.9. The lowest BCUT2D eigenvalue weighted by atomic mass is 10.1. The number of hydrogen-bond donors (Lipinski definition) is 1. The zero-order chi connectivity index (χ0) is 19.1. The number of aliphatic carboxylic acids is 1. The van der Waals surface area contributed by atoms with E-state index in [-0.39, 0.29) is 12.1 Å². The number of hydrogen-bond acceptors (Lipinski definition) is 5. The number of aromatic nitrogens is 1. The topological polar surface area (TPSA) is 79.7 Å². The van der Waals surface area contributed by atoms with E-state index in [1.165, 1.54) is 22.3 Å². The molecule has 1 aliphatic heterocycles. The van der Waals surface area contributed by atoms with Crippen LogP contribution in [0.3, 0.4) is 0 Å². The number of anilines is 1. The fourth-order valence-electron chi connectivity index (χ4n) is 3.10. The van der Waals surface area contributed by atoms with Gasteiger partial charge in [0.15, 0.2) is 6.10 Å². The first-order valence-corrected chi connectivity index (χ1v) is 9.09. The fraction of sp³-hybridized carbons (Fsp3) is 0.211. The van der Waals surface area contributed by atoms with Crippen molar-refractivity contribution in [3.63, 3.8) is 0 Å². The van der Waals surface area contributed by atoms with E-state index in [1.807, 2.05) is 13.0 Å². The molecule has 6 nitrogen and oxygen atoms in total. The Morgan fingerprint density at radius 1 is 1.33 bits per heavy atom. The molecule has 2 aromatic carbocycles. The molecule has 0 bridgehead atoms. The Balaban J connectivity index is 1.75. The molecular formula is C19H15FN2O4S. The minimum absolute atomic E-state index is 0.119. The number of thiazole rings is 1. The number of carboxylic acid groups (broad SMARTS) is 1. The van der Waals surface area contributed by atoms with Crippen LogP contribution in [0, 0.1) is 12.7 Å². The molecule has 0 aliphatic carbocycles. The Morgan fingerprint density at radius 2 is 2.11 bits per heavy atom. The normalized spacial score (nSPS) is 16.3. The monoisotopic (exact) mass is 386 g/mol. The second-order valence-electron chi connectivity index (χ2n) is 6.25. The van der Waals surface area contributed by atoms with Crippen LogP contribution in [-0.2, 0) is 16.1 Å². The number of para-hydroxylation sites is 2. The summed E-state index contributed by atoms with van der Waals surface area (Å²) >= 11 is 1.30. The van der Waals surface area contributed by atoms with Gasteiger partial charge in [-0.05, 0) is 30.7 Å². The molecule has 1 N–H and O–H groups in total. The fourth-order valence-corrected chi connectivity index (χ4v) is 4.07. The van der Waals surface area contributed by atoms with Crippen LogP contribution in [0.25, 0.3) is 10.2 Å². The van der Waals surface area contributed by atoms with E-state index < -0.39 is 30.2 Å². The summed E-state index contributed by atoms with van der Waals surface area (Å²) in [6.45, 7) is 1.95.